The van der Waals surface area contributed by atoms with E-state index in [0.29, 0.717) is 13.0 Å². The van der Waals surface area contributed by atoms with E-state index in [4.69, 9.17) is 9.47 Å². The Kier molecular flexibility index (Phi) is 19.0. The SMILES string of the molecule is CCC(=O)[C@@H](NC(=O)[C@H](C)C(OC)[C@@H]1CCCN1C(=O)C[C@@H](OC)[C@H]([C@@H](C)CC)N(C)C(=O)[C@@H](NC(=O)[C@@H](NC)C(C)C)C(C)C)C(C)O. The standard InChI is InChI=1S/C36H67N5O8/c1-14-22(7)32(40(11)36(47)30(21(5)6)38-35(46)29(37-10)20(3)4)27(48-12)19-28(44)41-18-16-17-25(41)33(49-13)23(8)34(45)39-31(24(9)42)26(43)15-2/h20-25,27,29-33,37,42H,14-19H2,1-13H3,(H,38,46)(H,39,45)/t22-,23+,24?,25-,27+,29-,30-,31-,32-,33?/m0/s1. The fourth-order valence-corrected chi connectivity index (χ4v) is 7.02. The minimum Gasteiger partial charge on any atom is -0.391 e. The molecule has 0 aromatic carbocycles. The van der Waals surface area contributed by atoms with Gasteiger partial charge in [0, 0.05) is 34.2 Å². The molecular formula is C36H67N5O8. The van der Waals surface area contributed by atoms with Crippen LogP contribution in [0.4, 0.5) is 0 Å². The predicted molar refractivity (Wildman–Crippen MR) is 189 cm³/mol. The summed E-state index contributed by atoms with van der Waals surface area (Å²) in [7, 11) is 6.47. The average Bonchev–Trinajstić information content (AvgIpc) is 3.54. The van der Waals surface area contributed by atoms with E-state index >= 15 is 0 Å². The van der Waals surface area contributed by atoms with Crippen molar-refractivity contribution in [2.75, 3.05) is 34.9 Å². The van der Waals surface area contributed by atoms with Crippen molar-refractivity contribution in [1.82, 2.24) is 25.8 Å². The molecule has 0 aromatic heterocycles. The molecule has 0 aliphatic carbocycles. The molecule has 1 rings (SSSR count). The van der Waals surface area contributed by atoms with Crippen molar-refractivity contribution in [3.05, 3.63) is 0 Å². The van der Waals surface area contributed by atoms with Crippen LogP contribution in [0.5, 0.6) is 0 Å². The smallest absolute Gasteiger partial charge is 0.245 e. The highest BCUT2D eigenvalue weighted by molar-refractivity contribution is 5.91. The number of ether oxygens (including phenoxy) is 2. The molecule has 0 saturated carbocycles. The molecule has 1 aliphatic rings. The second kappa shape index (κ2) is 20.9. The summed E-state index contributed by atoms with van der Waals surface area (Å²) < 4.78 is 11.8. The van der Waals surface area contributed by atoms with Gasteiger partial charge in [0.15, 0.2) is 5.78 Å². The van der Waals surface area contributed by atoms with Crippen LogP contribution >= 0.6 is 0 Å². The van der Waals surface area contributed by atoms with Crippen LogP contribution < -0.4 is 16.0 Å². The van der Waals surface area contributed by atoms with Gasteiger partial charge in [-0.1, -0.05) is 61.8 Å². The number of aliphatic hydroxyl groups excluding tert-OH is 1. The number of nitrogens with zero attached hydrogens (tertiary/aromatic N) is 2. The van der Waals surface area contributed by atoms with E-state index < -0.39 is 60.3 Å². The van der Waals surface area contributed by atoms with Gasteiger partial charge in [0.05, 0.1) is 48.8 Å². The number of likely N-dealkylation sites (N-methyl/N-ethyl adjacent to an activating group) is 2. The molecule has 13 heteroatoms. The maximum absolute atomic E-state index is 14.1. The van der Waals surface area contributed by atoms with Crippen molar-refractivity contribution >= 4 is 29.4 Å². The van der Waals surface area contributed by atoms with Crippen LogP contribution in [0.15, 0.2) is 0 Å². The highest BCUT2D eigenvalue weighted by Crippen LogP contribution is 2.29. The van der Waals surface area contributed by atoms with Gasteiger partial charge in [-0.2, -0.15) is 0 Å². The summed E-state index contributed by atoms with van der Waals surface area (Å²) in [6, 6.07) is -3.11. The first-order valence-electron chi connectivity index (χ1n) is 18.0. The average molecular weight is 698 g/mol. The second-order valence-corrected chi connectivity index (χ2v) is 14.4. The summed E-state index contributed by atoms with van der Waals surface area (Å²) in [6.45, 7) is 17.0. The summed E-state index contributed by atoms with van der Waals surface area (Å²) >= 11 is 0. The number of amides is 4. The van der Waals surface area contributed by atoms with Gasteiger partial charge in [0.25, 0.3) is 0 Å². The highest BCUT2D eigenvalue weighted by Gasteiger charge is 2.43. The summed E-state index contributed by atoms with van der Waals surface area (Å²) in [6.07, 6.45) is -0.112. The van der Waals surface area contributed by atoms with Crippen LogP contribution in [0.25, 0.3) is 0 Å². The lowest BCUT2D eigenvalue weighted by Gasteiger charge is -2.41. The number of Topliss-reactive ketones (excluding diaryl/α,β-unsaturated/α-hetero) is 1. The molecule has 0 aromatic rings. The molecular weight excluding hydrogens is 630 g/mol. The number of rotatable bonds is 21. The zero-order valence-corrected chi connectivity index (χ0v) is 32.4. The van der Waals surface area contributed by atoms with Gasteiger partial charge in [-0.15, -0.1) is 0 Å². The van der Waals surface area contributed by atoms with Crippen molar-refractivity contribution in [3.8, 4) is 0 Å². The van der Waals surface area contributed by atoms with Crippen molar-refractivity contribution in [3.63, 3.8) is 0 Å². The van der Waals surface area contributed by atoms with Gasteiger partial charge in [-0.3, -0.25) is 24.0 Å². The van der Waals surface area contributed by atoms with E-state index in [1.54, 1.807) is 37.7 Å². The molecule has 49 heavy (non-hydrogen) atoms. The number of hydrogen-bond donors (Lipinski definition) is 4. The lowest BCUT2D eigenvalue weighted by molar-refractivity contribution is -0.148. The third-order valence-electron chi connectivity index (χ3n) is 10.2. The molecule has 1 aliphatic heterocycles. The molecule has 0 radical (unpaired) electrons. The fraction of sp³-hybridized carbons (Fsp3) is 0.861. The van der Waals surface area contributed by atoms with Gasteiger partial charge >= 0.3 is 0 Å². The lowest BCUT2D eigenvalue weighted by atomic mass is 9.89. The predicted octanol–water partition coefficient (Wildman–Crippen LogP) is 2.14. The van der Waals surface area contributed by atoms with Crippen molar-refractivity contribution in [1.29, 1.82) is 0 Å². The van der Waals surface area contributed by atoms with E-state index in [-0.39, 0.29) is 54.1 Å². The van der Waals surface area contributed by atoms with Gasteiger partial charge in [0.1, 0.15) is 12.1 Å². The Morgan fingerprint density at radius 1 is 0.878 bits per heavy atom. The van der Waals surface area contributed by atoms with Gasteiger partial charge < -0.3 is 40.3 Å². The summed E-state index contributed by atoms with van der Waals surface area (Å²) in [5.74, 6) is -2.29. The lowest BCUT2D eigenvalue weighted by Crippen LogP contribution is -2.59. The molecule has 2 unspecified atom stereocenters. The van der Waals surface area contributed by atoms with Gasteiger partial charge in [0.2, 0.25) is 23.6 Å². The normalized spacial score (nSPS) is 20.5. The minimum atomic E-state index is -1.05. The number of likely N-dealkylation sites (tertiary alicyclic amines) is 1. The molecule has 13 nitrogen and oxygen atoms in total. The highest BCUT2D eigenvalue weighted by atomic mass is 16.5. The van der Waals surface area contributed by atoms with Crippen LogP contribution in [0.1, 0.15) is 94.4 Å². The Balaban J connectivity index is 3.27. The quantitative estimate of drug-likeness (QED) is 0.141. The number of carbonyl (C=O) groups is 5. The topological polar surface area (TPSA) is 167 Å². The third-order valence-corrected chi connectivity index (χ3v) is 10.2. The zero-order valence-electron chi connectivity index (χ0n) is 32.4. The number of ketones is 1. The molecule has 4 amide bonds. The van der Waals surface area contributed by atoms with E-state index in [2.05, 4.69) is 16.0 Å². The number of methoxy groups -OCH3 is 2. The van der Waals surface area contributed by atoms with E-state index in [0.717, 1.165) is 12.8 Å². The van der Waals surface area contributed by atoms with Crippen molar-refractivity contribution in [2.45, 2.75) is 143 Å². The largest absolute Gasteiger partial charge is 0.391 e. The van der Waals surface area contributed by atoms with Crippen LogP contribution in [0.2, 0.25) is 0 Å². The van der Waals surface area contributed by atoms with E-state index in [1.165, 1.54) is 21.1 Å². The van der Waals surface area contributed by atoms with Crippen LogP contribution in [0.3, 0.4) is 0 Å². The Morgan fingerprint density at radius 3 is 1.90 bits per heavy atom. The number of aliphatic hydroxyl groups is 1. The molecule has 284 valence electrons. The Labute approximate surface area is 295 Å². The summed E-state index contributed by atoms with van der Waals surface area (Å²) in [5.41, 5.74) is 0. The van der Waals surface area contributed by atoms with Gasteiger partial charge in [-0.25, -0.2) is 0 Å². The fourth-order valence-electron chi connectivity index (χ4n) is 7.02. The maximum Gasteiger partial charge on any atom is 0.245 e. The molecule has 1 saturated heterocycles. The third kappa shape index (κ3) is 11.7. The van der Waals surface area contributed by atoms with Gasteiger partial charge in [-0.05, 0) is 44.6 Å². The van der Waals surface area contributed by atoms with Crippen LogP contribution in [-0.4, -0.2) is 128 Å². The van der Waals surface area contributed by atoms with E-state index in [9.17, 15) is 29.1 Å². The zero-order chi connectivity index (χ0) is 37.7. The number of carbonyl (C=O) groups excluding carboxylic acids is 5. The van der Waals surface area contributed by atoms with Crippen LogP contribution in [-0.2, 0) is 33.4 Å². The molecule has 1 heterocycles. The molecule has 0 bridgehead atoms. The Hall–Kier alpha value is -2.61. The first-order valence-corrected chi connectivity index (χ1v) is 18.0. The first-order chi connectivity index (χ1) is 22.9. The minimum absolute atomic E-state index is 0.000373. The van der Waals surface area contributed by atoms with Crippen molar-refractivity contribution < 1.29 is 38.6 Å². The Bertz CT molecular complexity index is 1090. The monoisotopic (exact) mass is 697 g/mol. The summed E-state index contributed by atoms with van der Waals surface area (Å²) in [5, 5.41) is 18.8. The molecule has 4 N–H and O–H groups in total. The number of hydrogen-bond acceptors (Lipinski definition) is 9. The molecule has 1 fully saturated rings. The summed E-state index contributed by atoms with van der Waals surface area (Å²) in [4.78, 5) is 70.3. The first kappa shape index (κ1) is 44.4. The Morgan fingerprint density at radius 2 is 1.45 bits per heavy atom. The van der Waals surface area contributed by atoms with E-state index in [1.807, 2.05) is 41.5 Å². The van der Waals surface area contributed by atoms with Crippen LogP contribution in [0, 0.1) is 23.7 Å². The number of nitrogens with one attached hydrogen (secondary N) is 3. The molecule has 10 atom stereocenters. The second-order valence-electron chi connectivity index (χ2n) is 14.4. The molecule has 0 spiro atoms. The van der Waals surface area contributed by atoms with Crippen molar-refractivity contribution in [2.24, 2.45) is 23.7 Å². The maximum atomic E-state index is 14.1.